The van der Waals surface area contributed by atoms with Crippen LogP contribution >= 0.6 is 24.8 Å². The Hall–Kier alpha value is -0.890. The summed E-state index contributed by atoms with van der Waals surface area (Å²) in [6.07, 6.45) is 6.32. The number of carbonyl (C=O) groups is 1. The van der Waals surface area contributed by atoms with Gasteiger partial charge in [0.25, 0.3) is 0 Å². The van der Waals surface area contributed by atoms with Crippen molar-refractivity contribution in [1.82, 2.24) is 25.7 Å². The Morgan fingerprint density at radius 1 is 1.26 bits per heavy atom. The summed E-state index contributed by atoms with van der Waals surface area (Å²) < 4.78 is 5.45. The molecule has 0 radical (unpaired) electrons. The highest BCUT2D eigenvalue weighted by atomic mass is 35.5. The predicted octanol–water partition coefficient (Wildman–Crippen LogP) is 2.50. The van der Waals surface area contributed by atoms with Crippen molar-refractivity contribution >= 4 is 30.7 Å². The van der Waals surface area contributed by atoms with Crippen LogP contribution in [0.1, 0.15) is 57.2 Å². The molecule has 1 aromatic rings. The molecule has 1 saturated heterocycles. The number of amides is 1. The van der Waals surface area contributed by atoms with Crippen molar-refractivity contribution in [2.24, 2.45) is 11.8 Å². The third kappa shape index (κ3) is 5.79. The van der Waals surface area contributed by atoms with E-state index in [1.54, 1.807) is 0 Å². The summed E-state index contributed by atoms with van der Waals surface area (Å²) in [4.78, 5) is 19.5. The van der Waals surface area contributed by atoms with Crippen molar-refractivity contribution in [3.8, 4) is 0 Å². The number of halogens is 2. The first-order chi connectivity index (χ1) is 12.0. The molecule has 1 amide bonds. The van der Waals surface area contributed by atoms with Gasteiger partial charge in [0, 0.05) is 5.92 Å². The first-order valence-corrected chi connectivity index (χ1v) is 9.51. The number of hydrogen-bond acceptors (Lipinski definition) is 6. The topological polar surface area (TPSA) is 83.3 Å². The Kier molecular flexibility index (Phi) is 9.48. The fraction of sp³-hybridized carbons (Fsp3) is 0.833. The molecule has 156 valence electrons. The molecule has 9 heteroatoms. The van der Waals surface area contributed by atoms with Gasteiger partial charge in [0.05, 0.1) is 6.54 Å². The minimum absolute atomic E-state index is 0. The van der Waals surface area contributed by atoms with Crippen molar-refractivity contribution in [3.05, 3.63) is 11.7 Å². The van der Waals surface area contributed by atoms with Crippen LogP contribution in [0.2, 0.25) is 0 Å². The minimum atomic E-state index is -0.479. The van der Waals surface area contributed by atoms with Gasteiger partial charge in [-0.15, -0.1) is 24.8 Å². The van der Waals surface area contributed by atoms with Gasteiger partial charge in [0.15, 0.2) is 5.82 Å². The highest BCUT2D eigenvalue weighted by molar-refractivity contribution is 5.85. The second kappa shape index (κ2) is 10.6. The molecule has 0 aromatic carbocycles. The Labute approximate surface area is 174 Å². The largest absolute Gasteiger partial charge is 0.343 e. The molecule has 7 nitrogen and oxygen atoms in total. The lowest BCUT2D eigenvalue weighted by atomic mass is 9.85. The Morgan fingerprint density at radius 3 is 2.41 bits per heavy atom. The SMILES string of the molecule is CC(C(=O)NC1(c2noc(CN(C)C)n2)CCCCCC1)C1CNC1.Cl.Cl. The van der Waals surface area contributed by atoms with Crippen molar-refractivity contribution < 1.29 is 9.32 Å². The zero-order valence-electron chi connectivity index (χ0n) is 16.5. The van der Waals surface area contributed by atoms with Crippen LogP contribution in [0.5, 0.6) is 0 Å². The molecule has 3 rings (SSSR count). The molecule has 27 heavy (non-hydrogen) atoms. The normalized spacial score (nSPS) is 20.6. The zero-order chi connectivity index (χ0) is 17.9. The van der Waals surface area contributed by atoms with Gasteiger partial charge in [-0.1, -0.05) is 37.8 Å². The van der Waals surface area contributed by atoms with Crippen molar-refractivity contribution in [2.75, 3.05) is 27.2 Å². The van der Waals surface area contributed by atoms with Gasteiger partial charge >= 0.3 is 0 Å². The van der Waals surface area contributed by atoms with Crippen LogP contribution in [-0.2, 0) is 16.9 Å². The second-order valence-corrected chi connectivity index (χ2v) is 7.94. The fourth-order valence-electron chi connectivity index (χ4n) is 3.75. The maximum atomic E-state index is 12.9. The highest BCUT2D eigenvalue weighted by Crippen LogP contribution is 2.35. The first-order valence-electron chi connectivity index (χ1n) is 9.51. The molecule has 0 bridgehead atoms. The summed E-state index contributed by atoms with van der Waals surface area (Å²) in [6.45, 7) is 4.49. The average Bonchev–Trinajstić information content (AvgIpc) is 2.84. The smallest absolute Gasteiger partial charge is 0.240 e. The number of aromatic nitrogens is 2. The molecule has 1 aromatic heterocycles. The van der Waals surface area contributed by atoms with E-state index in [0.717, 1.165) is 38.8 Å². The van der Waals surface area contributed by atoms with E-state index in [9.17, 15) is 4.79 Å². The standard InChI is InChI=1S/C18H31N5O2.2ClH/c1-13(14-10-19-11-14)16(24)21-18(8-6-4-5-7-9-18)17-20-15(25-22-17)12-23(2)3;;/h13-14,19H,4-12H2,1-3H3,(H,21,24);2*1H. The molecule has 2 N–H and O–H groups in total. The van der Waals surface area contributed by atoms with E-state index in [1.165, 1.54) is 12.8 Å². The zero-order valence-corrected chi connectivity index (χ0v) is 18.1. The van der Waals surface area contributed by atoms with Crippen LogP contribution < -0.4 is 10.6 Å². The van der Waals surface area contributed by atoms with Crippen molar-refractivity contribution in [1.29, 1.82) is 0 Å². The maximum Gasteiger partial charge on any atom is 0.240 e. The van der Waals surface area contributed by atoms with E-state index < -0.39 is 5.54 Å². The van der Waals surface area contributed by atoms with Gasteiger partial charge < -0.3 is 20.1 Å². The first kappa shape index (κ1) is 24.1. The van der Waals surface area contributed by atoms with E-state index >= 15 is 0 Å². The monoisotopic (exact) mass is 421 g/mol. The molecule has 2 aliphatic rings. The van der Waals surface area contributed by atoms with E-state index in [4.69, 9.17) is 4.52 Å². The lowest BCUT2D eigenvalue weighted by Crippen LogP contribution is -2.54. The quantitative estimate of drug-likeness (QED) is 0.686. The van der Waals surface area contributed by atoms with Gasteiger partial charge in [-0.2, -0.15) is 4.98 Å². The number of rotatable bonds is 6. The van der Waals surface area contributed by atoms with Crippen LogP contribution in [0.25, 0.3) is 0 Å². The Balaban J connectivity index is 0.00000182. The van der Waals surface area contributed by atoms with Crippen LogP contribution in [0.4, 0.5) is 0 Å². The van der Waals surface area contributed by atoms with Gasteiger partial charge in [-0.05, 0) is 45.9 Å². The molecule has 1 atom stereocenters. The molecule has 0 spiro atoms. The summed E-state index contributed by atoms with van der Waals surface area (Å²) in [5.74, 6) is 1.81. The fourth-order valence-corrected chi connectivity index (χ4v) is 3.75. The molecule has 1 aliphatic heterocycles. The van der Waals surface area contributed by atoms with E-state index in [-0.39, 0.29) is 36.6 Å². The molecule has 1 saturated carbocycles. The number of hydrogen-bond donors (Lipinski definition) is 2. The number of carbonyl (C=O) groups excluding carboxylic acids is 1. The average molecular weight is 422 g/mol. The van der Waals surface area contributed by atoms with Crippen LogP contribution in [0.3, 0.4) is 0 Å². The third-order valence-electron chi connectivity index (χ3n) is 5.60. The third-order valence-corrected chi connectivity index (χ3v) is 5.60. The molecular weight excluding hydrogens is 389 g/mol. The van der Waals surface area contributed by atoms with E-state index in [0.29, 0.717) is 24.2 Å². The van der Waals surface area contributed by atoms with Crippen LogP contribution in [-0.4, -0.2) is 48.1 Å². The Morgan fingerprint density at radius 2 is 1.89 bits per heavy atom. The molecule has 2 heterocycles. The van der Waals surface area contributed by atoms with E-state index in [1.807, 2.05) is 25.9 Å². The van der Waals surface area contributed by atoms with Gasteiger partial charge in [-0.3, -0.25) is 4.79 Å². The Bertz CT molecular complexity index is 584. The predicted molar refractivity (Wildman–Crippen MR) is 109 cm³/mol. The lowest BCUT2D eigenvalue weighted by Gasteiger charge is -2.36. The summed E-state index contributed by atoms with van der Waals surface area (Å²) in [7, 11) is 3.95. The number of nitrogens with one attached hydrogen (secondary N) is 2. The summed E-state index contributed by atoms with van der Waals surface area (Å²) in [5.41, 5.74) is -0.479. The molecular formula is C18H33Cl2N5O2. The summed E-state index contributed by atoms with van der Waals surface area (Å²) in [6, 6.07) is 0. The second-order valence-electron chi connectivity index (χ2n) is 7.94. The van der Waals surface area contributed by atoms with Crippen LogP contribution in [0, 0.1) is 11.8 Å². The van der Waals surface area contributed by atoms with Crippen molar-refractivity contribution in [2.45, 2.75) is 57.5 Å². The van der Waals surface area contributed by atoms with Gasteiger partial charge in [-0.25, -0.2) is 0 Å². The maximum absolute atomic E-state index is 12.9. The van der Waals surface area contributed by atoms with Gasteiger partial charge in [0.1, 0.15) is 5.54 Å². The summed E-state index contributed by atoms with van der Waals surface area (Å²) >= 11 is 0. The molecule has 1 unspecified atom stereocenters. The highest BCUT2D eigenvalue weighted by Gasteiger charge is 2.41. The lowest BCUT2D eigenvalue weighted by molar-refractivity contribution is -0.129. The van der Waals surface area contributed by atoms with Crippen molar-refractivity contribution in [3.63, 3.8) is 0 Å². The minimum Gasteiger partial charge on any atom is -0.343 e. The van der Waals surface area contributed by atoms with Crippen LogP contribution in [0.15, 0.2) is 4.52 Å². The molecule has 2 fully saturated rings. The molecule has 1 aliphatic carbocycles. The van der Waals surface area contributed by atoms with E-state index in [2.05, 4.69) is 20.8 Å². The summed E-state index contributed by atoms with van der Waals surface area (Å²) in [5, 5.41) is 10.8. The van der Waals surface area contributed by atoms with Gasteiger partial charge in [0.2, 0.25) is 11.8 Å². The number of nitrogens with zero attached hydrogens (tertiary/aromatic N) is 3.